The van der Waals surface area contributed by atoms with Crippen molar-refractivity contribution in [3.63, 3.8) is 0 Å². The second kappa shape index (κ2) is 6.66. The Morgan fingerprint density at radius 1 is 1.50 bits per heavy atom. The first-order valence-corrected chi connectivity index (χ1v) is 6.02. The largest absolute Gasteiger partial charge is 0.320 e. The van der Waals surface area contributed by atoms with E-state index in [1.165, 1.54) is 17.8 Å². The average molecular weight is 224 g/mol. The fourth-order valence-corrected chi connectivity index (χ4v) is 1.77. The van der Waals surface area contributed by atoms with E-state index in [0.717, 1.165) is 26.1 Å². The van der Waals surface area contributed by atoms with Gasteiger partial charge in [0.2, 0.25) is 0 Å². The molecule has 0 saturated carbocycles. The number of nitrogens with zero attached hydrogens (tertiary/aromatic N) is 3. The lowest BCUT2D eigenvalue weighted by atomic mass is 10.3. The van der Waals surface area contributed by atoms with E-state index in [0.29, 0.717) is 0 Å². The summed E-state index contributed by atoms with van der Waals surface area (Å²) in [5.41, 5.74) is 2.48. The van der Waals surface area contributed by atoms with Gasteiger partial charge in [-0.2, -0.15) is 5.10 Å². The van der Waals surface area contributed by atoms with Gasteiger partial charge in [0.1, 0.15) is 0 Å². The van der Waals surface area contributed by atoms with Crippen LogP contribution in [0.2, 0.25) is 0 Å². The number of rotatable bonds is 7. The van der Waals surface area contributed by atoms with Crippen LogP contribution in [-0.2, 0) is 20.0 Å². The van der Waals surface area contributed by atoms with Gasteiger partial charge in [-0.15, -0.1) is 0 Å². The number of aryl methyl sites for hydroxylation is 2. The Labute approximate surface area is 98.6 Å². The number of nitrogens with one attached hydrogen (secondary N) is 1. The maximum Gasteiger partial charge on any atom is 0.0625 e. The number of hydrogen-bond donors (Lipinski definition) is 1. The van der Waals surface area contributed by atoms with E-state index in [1.54, 1.807) is 0 Å². The first kappa shape index (κ1) is 13.2. The maximum atomic E-state index is 4.46. The van der Waals surface area contributed by atoms with Gasteiger partial charge in [0.25, 0.3) is 0 Å². The Hall–Kier alpha value is -0.870. The lowest BCUT2D eigenvalue weighted by Gasteiger charge is -2.16. The van der Waals surface area contributed by atoms with Gasteiger partial charge < -0.3 is 10.2 Å². The molecule has 0 spiro atoms. The minimum absolute atomic E-state index is 0.979. The Balaban J connectivity index is 2.42. The zero-order valence-electron chi connectivity index (χ0n) is 11.0. The van der Waals surface area contributed by atoms with E-state index in [1.807, 2.05) is 18.8 Å². The third kappa shape index (κ3) is 3.94. The summed E-state index contributed by atoms with van der Waals surface area (Å²) in [6, 6.07) is 2.20. The average Bonchev–Trinajstić information content (AvgIpc) is 2.60. The minimum Gasteiger partial charge on any atom is -0.320 e. The monoisotopic (exact) mass is 224 g/mol. The summed E-state index contributed by atoms with van der Waals surface area (Å²) in [7, 11) is 6.18. The van der Waals surface area contributed by atoms with Crippen LogP contribution in [0.3, 0.4) is 0 Å². The van der Waals surface area contributed by atoms with Gasteiger partial charge in [-0.05, 0) is 46.1 Å². The lowest BCUT2D eigenvalue weighted by Crippen LogP contribution is -2.23. The van der Waals surface area contributed by atoms with Crippen molar-refractivity contribution in [3.8, 4) is 0 Å². The lowest BCUT2D eigenvalue weighted by molar-refractivity contribution is 0.312. The normalized spacial score (nSPS) is 11.3. The molecule has 0 unspecified atom stereocenters. The third-order valence-electron chi connectivity index (χ3n) is 2.79. The van der Waals surface area contributed by atoms with Gasteiger partial charge >= 0.3 is 0 Å². The summed E-state index contributed by atoms with van der Waals surface area (Å²) in [5, 5.41) is 7.62. The Morgan fingerprint density at radius 3 is 2.81 bits per heavy atom. The second-order valence-corrected chi connectivity index (χ2v) is 4.30. The molecule has 1 aromatic heterocycles. The van der Waals surface area contributed by atoms with Gasteiger partial charge in [-0.1, -0.05) is 6.92 Å². The SMILES string of the molecule is CCc1cc(CN(C)CCCNC)n(C)n1. The highest BCUT2D eigenvalue weighted by Crippen LogP contribution is 2.06. The van der Waals surface area contributed by atoms with Crippen molar-refractivity contribution in [2.75, 3.05) is 27.2 Å². The number of hydrogen-bond acceptors (Lipinski definition) is 3. The molecule has 0 radical (unpaired) electrons. The first-order valence-electron chi connectivity index (χ1n) is 6.02. The van der Waals surface area contributed by atoms with Crippen LogP contribution in [0.1, 0.15) is 24.7 Å². The summed E-state index contributed by atoms with van der Waals surface area (Å²) in [4.78, 5) is 2.34. The summed E-state index contributed by atoms with van der Waals surface area (Å²) >= 11 is 0. The Morgan fingerprint density at radius 2 is 2.25 bits per heavy atom. The highest BCUT2D eigenvalue weighted by Gasteiger charge is 2.06. The van der Waals surface area contributed by atoms with Crippen molar-refractivity contribution in [3.05, 3.63) is 17.5 Å². The third-order valence-corrected chi connectivity index (χ3v) is 2.79. The first-order chi connectivity index (χ1) is 7.67. The molecule has 0 amide bonds. The van der Waals surface area contributed by atoms with Crippen LogP contribution in [-0.4, -0.2) is 41.9 Å². The van der Waals surface area contributed by atoms with Crippen molar-refractivity contribution in [1.29, 1.82) is 0 Å². The molecule has 4 nitrogen and oxygen atoms in total. The molecule has 0 aliphatic heterocycles. The molecular formula is C12H24N4. The molecule has 0 aliphatic carbocycles. The van der Waals surface area contributed by atoms with Crippen LogP contribution >= 0.6 is 0 Å². The molecule has 92 valence electrons. The molecule has 0 fully saturated rings. The van der Waals surface area contributed by atoms with Crippen molar-refractivity contribution >= 4 is 0 Å². The van der Waals surface area contributed by atoms with E-state index >= 15 is 0 Å². The molecule has 1 aromatic rings. The van der Waals surface area contributed by atoms with Crippen LogP contribution in [0.4, 0.5) is 0 Å². The summed E-state index contributed by atoms with van der Waals surface area (Å²) in [5.74, 6) is 0. The standard InChI is InChI=1S/C12H24N4/c1-5-11-9-12(16(4)14-11)10-15(3)8-6-7-13-2/h9,13H,5-8,10H2,1-4H3. The fraction of sp³-hybridized carbons (Fsp3) is 0.750. The van der Waals surface area contributed by atoms with E-state index < -0.39 is 0 Å². The minimum atomic E-state index is 0.979. The Kier molecular flexibility index (Phi) is 5.49. The molecule has 0 saturated heterocycles. The Bertz CT molecular complexity index is 306. The topological polar surface area (TPSA) is 33.1 Å². The van der Waals surface area contributed by atoms with Gasteiger partial charge in [0.05, 0.1) is 11.4 Å². The predicted molar refractivity (Wildman–Crippen MR) is 67.5 cm³/mol. The molecular weight excluding hydrogens is 200 g/mol. The highest BCUT2D eigenvalue weighted by atomic mass is 15.3. The maximum absolute atomic E-state index is 4.46. The van der Waals surface area contributed by atoms with Crippen molar-refractivity contribution in [1.82, 2.24) is 20.0 Å². The molecule has 1 N–H and O–H groups in total. The van der Waals surface area contributed by atoms with E-state index in [-0.39, 0.29) is 0 Å². The van der Waals surface area contributed by atoms with E-state index in [2.05, 4.69) is 35.4 Å². The zero-order valence-corrected chi connectivity index (χ0v) is 11.0. The fourth-order valence-electron chi connectivity index (χ4n) is 1.77. The molecule has 0 aromatic carbocycles. The molecule has 0 atom stereocenters. The van der Waals surface area contributed by atoms with Gasteiger partial charge in [0.15, 0.2) is 0 Å². The van der Waals surface area contributed by atoms with Crippen LogP contribution in [0.5, 0.6) is 0 Å². The van der Waals surface area contributed by atoms with Gasteiger partial charge in [-0.3, -0.25) is 4.68 Å². The van der Waals surface area contributed by atoms with Crippen molar-refractivity contribution in [2.24, 2.45) is 7.05 Å². The van der Waals surface area contributed by atoms with Crippen molar-refractivity contribution < 1.29 is 0 Å². The molecule has 4 heteroatoms. The smallest absolute Gasteiger partial charge is 0.0625 e. The predicted octanol–water partition coefficient (Wildman–Crippen LogP) is 1.02. The van der Waals surface area contributed by atoms with E-state index in [4.69, 9.17) is 0 Å². The molecule has 1 heterocycles. The number of aromatic nitrogens is 2. The summed E-state index contributed by atoms with van der Waals surface area (Å²) in [6.07, 6.45) is 2.20. The van der Waals surface area contributed by atoms with Gasteiger partial charge in [-0.25, -0.2) is 0 Å². The van der Waals surface area contributed by atoms with Gasteiger partial charge in [0, 0.05) is 13.6 Å². The zero-order chi connectivity index (χ0) is 12.0. The van der Waals surface area contributed by atoms with Crippen LogP contribution < -0.4 is 5.32 Å². The molecule has 0 bridgehead atoms. The van der Waals surface area contributed by atoms with Crippen molar-refractivity contribution in [2.45, 2.75) is 26.3 Å². The highest BCUT2D eigenvalue weighted by molar-refractivity contribution is 5.09. The molecule has 0 aliphatic rings. The van der Waals surface area contributed by atoms with Crippen LogP contribution in [0.15, 0.2) is 6.07 Å². The summed E-state index contributed by atoms with van der Waals surface area (Å²) < 4.78 is 1.99. The van der Waals surface area contributed by atoms with E-state index in [9.17, 15) is 0 Å². The second-order valence-electron chi connectivity index (χ2n) is 4.30. The van der Waals surface area contributed by atoms with Crippen LogP contribution in [0, 0.1) is 0 Å². The molecule has 16 heavy (non-hydrogen) atoms. The quantitative estimate of drug-likeness (QED) is 0.702. The molecule has 1 rings (SSSR count). The summed E-state index contributed by atoms with van der Waals surface area (Å²) in [6.45, 7) is 5.32. The van der Waals surface area contributed by atoms with Crippen LogP contribution in [0.25, 0.3) is 0 Å².